The van der Waals surface area contributed by atoms with Crippen molar-refractivity contribution in [2.45, 2.75) is 56.2 Å². The van der Waals surface area contributed by atoms with E-state index in [1.807, 2.05) is 23.0 Å². The molecule has 1 amide bonds. The van der Waals surface area contributed by atoms with E-state index in [0.29, 0.717) is 36.7 Å². The Labute approximate surface area is 209 Å². The van der Waals surface area contributed by atoms with Gasteiger partial charge in [-0.25, -0.2) is 4.98 Å². The number of carbonyl (C=O) groups excluding carboxylic acids is 1. The number of carbonyl (C=O) groups is 1. The number of pyridine rings is 1. The van der Waals surface area contributed by atoms with Crippen LogP contribution in [0.2, 0.25) is 5.02 Å². The van der Waals surface area contributed by atoms with Crippen molar-refractivity contribution < 1.29 is 14.6 Å². The van der Waals surface area contributed by atoms with Crippen LogP contribution in [0.15, 0.2) is 36.7 Å². The van der Waals surface area contributed by atoms with Crippen LogP contribution >= 0.6 is 11.6 Å². The highest BCUT2D eigenvalue weighted by molar-refractivity contribution is 6.32. The average Bonchev–Trinajstić information content (AvgIpc) is 3.48. The lowest BCUT2D eigenvalue weighted by Crippen LogP contribution is -2.56. The third-order valence-corrected chi connectivity index (χ3v) is 8.21. The van der Waals surface area contributed by atoms with Gasteiger partial charge >= 0.3 is 0 Å². The first-order valence-corrected chi connectivity index (χ1v) is 12.7. The van der Waals surface area contributed by atoms with E-state index in [9.17, 15) is 9.90 Å². The number of anilines is 1. The molecule has 2 aromatic heterocycles. The van der Waals surface area contributed by atoms with Crippen molar-refractivity contribution >= 4 is 34.1 Å². The molecule has 1 saturated carbocycles. The van der Waals surface area contributed by atoms with Gasteiger partial charge in [-0.3, -0.25) is 14.4 Å². The summed E-state index contributed by atoms with van der Waals surface area (Å²) in [5.41, 5.74) is 1.21. The Balaban J connectivity index is 1.18. The minimum absolute atomic E-state index is 0.260. The Bertz CT molecular complexity index is 1270. The Morgan fingerprint density at radius 1 is 1.20 bits per heavy atom. The summed E-state index contributed by atoms with van der Waals surface area (Å²) in [6, 6.07) is 8.17. The number of hydrogen-bond acceptors (Lipinski definition) is 6. The molecule has 9 heteroatoms. The van der Waals surface area contributed by atoms with Gasteiger partial charge in [0, 0.05) is 22.8 Å². The third kappa shape index (κ3) is 4.33. The van der Waals surface area contributed by atoms with Crippen LogP contribution in [0, 0.1) is 0 Å². The number of nitrogens with one attached hydrogen (secondary N) is 1. The summed E-state index contributed by atoms with van der Waals surface area (Å²) in [5.74, 6) is 0.572. The molecule has 1 aromatic carbocycles. The maximum Gasteiger partial charge on any atom is 0.277 e. The lowest BCUT2D eigenvalue weighted by atomic mass is 9.85. The van der Waals surface area contributed by atoms with Crippen LogP contribution in [-0.2, 0) is 4.74 Å². The number of ether oxygens (including phenoxy) is 1. The zero-order valence-electron chi connectivity index (χ0n) is 19.8. The number of aliphatic hydroxyl groups is 1. The fourth-order valence-electron chi connectivity index (χ4n) is 5.40. The molecule has 0 radical (unpaired) electrons. The summed E-state index contributed by atoms with van der Waals surface area (Å²) in [7, 11) is 0. The highest BCUT2D eigenvalue weighted by atomic mass is 35.5. The van der Waals surface area contributed by atoms with Crippen molar-refractivity contribution in [1.82, 2.24) is 19.7 Å². The number of amides is 1. The first kappa shape index (κ1) is 22.9. The minimum Gasteiger partial charge on any atom is -0.389 e. The molecule has 184 valence electrons. The monoisotopic (exact) mass is 495 g/mol. The zero-order chi connectivity index (χ0) is 24.2. The molecular weight excluding hydrogens is 466 g/mol. The molecular formula is C26H30ClN5O3. The largest absolute Gasteiger partial charge is 0.389 e. The molecule has 6 rings (SSSR count). The van der Waals surface area contributed by atoms with Crippen molar-refractivity contribution in [1.29, 1.82) is 0 Å². The van der Waals surface area contributed by atoms with Crippen molar-refractivity contribution in [3.05, 3.63) is 52.9 Å². The minimum atomic E-state index is -0.452. The van der Waals surface area contributed by atoms with Crippen LogP contribution in [0.1, 0.15) is 60.6 Å². The normalized spacial score (nSPS) is 25.9. The van der Waals surface area contributed by atoms with Crippen LogP contribution < -0.4 is 5.32 Å². The molecule has 0 unspecified atom stereocenters. The van der Waals surface area contributed by atoms with Crippen LogP contribution in [0.5, 0.6) is 0 Å². The van der Waals surface area contributed by atoms with Gasteiger partial charge in [0.05, 0.1) is 30.9 Å². The summed E-state index contributed by atoms with van der Waals surface area (Å²) in [6.07, 6.45) is 7.32. The van der Waals surface area contributed by atoms with Crippen LogP contribution in [0.4, 0.5) is 5.82 Å². The van der Waals surface area contributed by atoms with E-state index in [1.165, 1.54) is 0 Å². The Morgan fingerprint density at radius 3 is 2.71 bits per heavy atom. The number of rotatable bonds is 5. The van der Waals surface area contributed by atoms with Crippen molar-refractivity contribution in [3.63, 3.8) is 0 Å². The number of aromatic nitrogens is 3. The first-order valence-electron chi connectivity index (χ1n) is 12.4. The summed E-state index contributed by atoms with van der Waals surface area (Å²) < 4.78 is 7.40. The highest BCUT2D eigenvalue weighted by Crippen LogP contribution is 2.39. The summed E-state index contributed by atoms with van der Waals surface area (Å²) >= 11 is 6.71. The van der Waals surface area contributed by atoms with E-state index in [4.69, 9.17) is 16.3 Å². The summed E-state index contributed by atoms with van der Waals surface area (Å²) in [6.45, 7) is 4.84. The molecule has 8 nitrogen and oxygen atoms in total. The van der Waals surface area contributed by atoms with Crippen molar-refractivity contribution in [2.75, 3.05) is 31.6 Å². The van der Waals surface area contributed by atoms with Gasteiger partial charge < -0.3 is 15.2 Å². The number of likely N-dealkylation sites (tertiary alicyclic amines) is 1. The summed E-state index contributed by atoms with van der Waals surface area (Å²) in [4.78, 5) is 19.5. The number of fused-ring (bicyclic) bond motifs is 1. The van der Waals surface area contributed by atoms with E-state index >= 15 is 0 Å². The summed E-state index contributed by atoms with van der Waals surface area (Å²) in [5, 5.41) is 20.4. The number of hydrogen-bond donors (Lipinski definition) is 2. The molecule has 1 aliphatic carbocycles. The number of nitrogens with zero attached hydrogens (tertiary/aromatic N) is 4. The molecule has 2 aliphatic heterocycles. The fourth-order valence-corrected chi connectivity index (χ4v) is 5.73. The number of benzene rings is 1. The van der Waals surface area contributed by atoms with Crippen LogP contribution in [0.3, 0.4) is 0 Å². The zero-order valence-corrected chi connectivity index (χ0v) is 20.5. The lowest BCUT2D eigenvalue weighted by Gasteiger charge is -2.43. The Kier molecular flexibility index (Phi) is 5.79. The second kappa shape index (κ2) is 8.85. The van der Waals surface area contributed by atoms with E-state index in [1.54, 1.807) is 12.3 Å². The molecule has 2 saturated heterocycles. The number of aliphatic hydroxyl groups excluding tert-OH is 1. The molecule has 0 spiro atoms. The molecule has 3 fully saturated rings. The van der Waals surface area contributed by atoms with Crippen LogP contribution in [0.25, 0.3) is 10.8 Å². The van der Waals surface area contributed by atoms with Gasteiger partial charge in [-0.1, -0.05) is 11.6 Å². The standard InChI is InChI=1S/C26H30ClN5O3/c1-26(15-35-14-23(26)33)31-7-4-16(5-8-31)20-10-17-12-24(28-13-18(17)11-21(20)27)29-25(34)22-6-9-32(30-22)19-2-3-19/h6,9-13,16,19,23,33H,2-5,7-8,14-15H2,1H3,(H,28,29,34)/t23-,26+/m0/s1. The molecule has 4 heterocycles. The predicted octanol–water partition coefficient (Wildman–Crippen LogP) is 4.00. The smallest absolute Gasteiger partial charge is 0.277 e. The third-order valence-electron chi connectivity index (χ3n) is 7.89. The number of halogens is 1. The highest BCUT2D eigenvalue weighted by Gasteiger charge is 2.45. The predicted molar refractivity (Wildman–Crippen MR) is 134 cm³/mol. The molecule has 2 atom stereocenters. The van der Waals surface area contributed by atoms with Gasteiger partial charge in [-0.15, -0.1) is 0 Å². The average molecular weight is 496 g/mol. The lowest BCUT2D eigenvalue weighted by molar-refractivity contribution is -0.00211. The quantitative estimate of drug-likeness (QED) is 0.555. The number of piperidine rings is 1. The van der Waals surface area contributed by atoms with E-state index in [2.05, 4.69) is 33.3 Å². The second-order valence-corrected chi connectivity index (χ2v) is 10.7. The molecule has 2 N–H and O–H groups in total. The Morgan fingerprint density at radius 2 is 2.00 bits per heavy atom. The van der Waals surface area contributed by atoms with Gasteiger partial charge in [0.15, 0.2) is 5.69 Å². The van der Waals surface area contributed by atoms with Crippen LogP contribution in [-0.4, -0.2) is 68.6 Å². The second-order valence-electron chi connectivity index (χ2n) is 10.3. The molecule has 3 aromatic rings. The fraction of sp³-hybridized carbons (Fsp3) is 0.500. The van der Waals surface area contributed by atoms with Gasteiger partial charge in [0.2, 0.25) is 0 Å². The topological polar surface area (TPSA) is 92.5 Å². The maximum absolute atomic E-state index is 12.7. The van der Waals surface area contributed by atoms with E-state index in [0.717, 1.165) is 60.1 Å². The SMILES string of the molecule is C[C@@]1(N2CCC(c3cc4cc(NC(=O)c5ccn(C6CC6)n5)ncc4cc3Cl)CC2)COC[C@@H]1O. The van der Waals surface area contributed by atoms with Gasteiger partial charge in [-0.05, 0) is 86.8 Å². The molecule has 0 bridgehead atoms. The Hall–Kier alpha value is -2.52. The molecule has 35 heavy (non-hydrogen) atoms. The molecule has 3 aliphatic rings. The van der Waals surface area contributed by atoms with Crippen molar-refractivity contribution in [3.8, 4) is 0 Å². The van der Waals surface area contributed by atoms with Crippen molar-refractivity contribution in [2.24, 2.45) is 0 Å². The maximum atomic E-state index is 12.7. The van der Waals surface area contributed by atoms with Gasteiger partial charge in [0.25, 0.3) is 5.91 Å². The van der Waals surface area contributed by atoms with E-state index in [-0.39, 0.29) is 11.4 Å². The van der Waals surface area contributed by atoms with E-state index < -0.39 is 6.10 Å². The van der Waals surface area contributed by atoms with Gasteiger partial charge in [-0.2, -0.15) is 5.10 Å². The first-order chi connectivity index (χ1) is 16.9. The van der Waals surface area contributed by atoms with Gasteiger partial charge in [0.1, 0.15) is 5.82 Å².